The molecule has 2 rings (SSSR count). The van der Waals surface area contributed by atoms with Crippen molar-refractivity contribution in [3.8, 4) is 0 Å². The quantitative estimate of drug-likeness (QED) is 0.660. The van der Waals surface area contributed by atoms with Gasteiger partial charge in [0.1, 0.15) is 5.82 Å². The van der Waals surface area contributed by atoms with Gasteiger partial charge in [-0.2, -0.15) is 15.1 Å². The molecule has 8 heteroatoms. The highest BCUT2D eigenvalue weighted by atomic mass is 35.5. The van der Waals surface area contributed by atoms with Crippen molar-refractivity contribution in [3.63, 3.8) is 0 Å². The summed E-state index contributed by atoms with van der Waals surface area (Å²) in [7, 11) is 7.61. The first-order valence-electron chi connectivity index (χ1n) is 6.84. The zero-order chi connectivity index (χ0) is 17.0. The molecule has 6 nitrogen and oxygen atoms in total. The van der Waals surface area contributed by atoms with Gasteiger partial charge in [0.25, 0.3) is 0 Å². The summed E-state index contributed by atoms with van der Waals surface area (Å²) in [6, 6.07) is 7.04. The van der Waals surface area contributed by atoms with Crippen molar-refractivity contribution in [2.45, 2.75) is 0 Å². The minimum atomic E-state index is 0.536. The number of nitrogens with zero attached hydrogens (tertiary/aromatic N) is 5. The van der Waals surface area contributed by atoms with Gasteiger partial charge in [0.15, 0.2) is 5.82 Å². The minimum absolute atomic E-state index is 0.536. The minimum Gasteiger partial charge on any atom is -0.363 e. The number of hydrazone groups is 1. The van der Waals surface area contributed by atoms with Crippen molar-refractivity contribution in [3.05, 3.63) is 39.9 Å². The zero-order valence-electron chi connectivity index (χ0n) is 13.4. The molecular formula is C15H18Cl2N6. The zero-order valence-corrected chi connectivity index (χ0v) is 14.9. The summed E-state index contributed by atoms with van der Waals surface area (Å²) in [6.07, 6.45) is 1.62. The van der Waals surface area contributed by atoms with Crippen LogP contribution in [0.4, 0.5) is 17.6 Å². The third kappa shape index (κ3) is 4.71. The van der Waals surface area contributed by atoms with Gasteiger partial charge in [0, 0.05) is 44.8 Å². The molecule has 0 aliphatic heterocycles. The lowest BCUT2D eigenvalue weighted by Gasteiger charge is -2.17. The average molecular weight is 353 g/mol. The number of halogens is 2. The van der Waals surface area contributed by atoms with Crippen LogP contribution < -0.4 is 15.2 Å². The number of benzene rings is 1. The smallest absolute Gasteiger partial charge is 0.228 e. The summed E-state index contributed by atoms with van der Waals surface area (Å²) < 4.78 is 0. The molecule has 0 unspecified atom stereocenters. The van der Waals surface area contributed by atoms with Crippen molar-refractivity contribution in [1.82, 2.24) is 9.97 Å². The van der Waals surface area contributed by atoms with E-state index in [1.54, 1.807) is 24.4 Å². The van der Waals surface area contributed by atoms with Crippen molar-refractivity contribution in [2.75, 3.05) is 43.4 Å². The molecule has 2 aromatic rings. The fraction of sp³-hybridized carbons (Fsp3) is 0.267. The number of nitrogens with one attached hydrogen (secondary N) is 1. The van der Waals surface area contributed by atoms with Crippen LogP contribution in [0.25, 0.3) is 0 Å². The number of rotatable bonds is 5. The molecule has 0 amide bonds. The maximum atomic E-state index is 6.10. The summed E-state index contributed by atoms with van der Waals surface area (Å²) in [4.78, 5) is 12.6. The molecule has 0 saturated heterocycles. The molecule has 1 N–H and O–H groups in total. The Morgan fingerprint density at radius 1 is 1.04 bits per heavy atom. The SMILES string of the molecule is CN(C)c1cc(N/N=C\c2ccc(Cl)cc2Cl)nc(N(C)C)n1. The van der Waals surface area contributed by atoms with Gasteiger partial charge in [-0.1, -0.05) is 29.3 Å². The molecule has 23 heavy (non-hydrogen) atoms. The fourth-order valence-electron chi connectivity index (χ4n) is 1.68. The van der Waals surface area contributed by atoms with Crippen LogP contribution in [0.1, 0.15) is 5.56 Å². The first-order valence-corrected chi connectivity index (χ1v) is 7.60. The van der Waals surface area contributed by atoms with Crippen molar-refractivity contribution in [2.24, 2.45) is 5.10 Å². The van der Waals surface area contributed by atoms with Crippen LogP contribution in [0.2, 0.25) is 10.0 Å². The third-order valence-electron chi connectivity index (χ3n) is 2.90. The maximum Gasteiger partial charge on any atom is 0.228 e. The first kappa shape index (κ1) is 17.3. The van der Waals surface area contributed by atoms with Gasteiger partial charge < -0.3 is 9.80 Å². The van der Waals surface area contributed by atoms with Crippen molar-refractivity contribution in [1.29, 1.82) is 0 Å². The van der Waals surface area contributed by atoms with E-state index >= 15 is 0 Å². The van der Waals surface area contributed by atoms with Crippen LogP contribution in [0.15, 0.2) is 29.4 Å². The van der Waals surface area contributed by atoms with Gasteiger partial charge in [-0.25, -0.2) is 0 Å². The third-order valence-corrected chi connectivity index (χ3v) is 3.47. The Morgan fingerprint density at radius 3 is 2.39 bits per heavy atom. The summed E-state index contributed by atoms with van der Waals surface area (Å²) >= 11 is 12.0. The largest absolute Gasteiger partial charge is 0.363 e. The predicted molar refractivity (Wildman–Crippen MR) is 98.4 cm³/mol. The Bertz CT molecular complexity index is 689. The second kappa shape index (κ2) is 7.48. The van der Waals surface area contributed by atoms with Crippen LogP contribution >= 0.6 is 23.2 Å². The number of hydrogen-bond acceptors (Lipinski definition) is 6. The van der Waals surface area contributed by atoms with Crippen molar-refractivity contribution < 1.29 is 0 Å². The fourth-order valence-corrected chi connectivity index (χ4v) is 2.14. The first-order chi connectivity index (χ1) is 10.9. The van der Waals surface area contributed by atoms with E-state index in [1.165, 1.54) is 0 Å². The van der Waals surface area contributed by atoms with E-state index in [1.807, 2.05) is 44.1 Å². The highest BCUT2D eigenvalue weighted by molar-refractivity contribution is 6.36. The van der Waals surface area contributed by atoms with Crippen LogP contribution in [-0.2, 0) is 0 Å². The van der Waals surface area contributed by atoms with E-state index in [0.29, 0.717) is 21.8 Å². The van der Waals surface area contributed by atoms with E-state index in [-0.39, 0.29) is 0 Å². The molecule has 1 heterocycles. The Hall–Kier alpha value is -2.05. The topological polar surface area (TPSA) is 56.6 Å². The molecule has 0 aliphatic carbocycles. The second-order valence-corrected chi connectivity index (χ2v) is 6.08. The predicted octanol–water partition coefficient (Wildman–Crippen LogP) is 3.36. The molecule has 0 radical (unpaired) electrons. The van der Waals surface area contributed by atoms with Gasteiger partial charge in [-0.3, -0.25) is 5.43 Å². The molecule has 1 aromatic heterocycles. The maximum absolute atomic E-state index is 6.10. The lowest BCUT2D eigenvalue weighted by Crippen LogP contribution is -2.17. The van der Waals surface area contributed by atoms with E-state index in [9.17, 15) is 0 Å². The van der Waals surface area contributed by atoms with E-state index in [4.69, 9.17) is 23.2 Å². The molecule has 0 spiro atoms. The molecule has 0 atom stereocenters. The monoisotopic (exact) mass is 352 g/mol. The molecule has 0 aliphatic rings. The Morgan fingerprint density at radius 2 is 1.78 bits per heavy atom. The summed E-state index contributed by atoms with van der Waals surface area (Å²) in [5.74, 6) is 1.97. The van der Waals surface area contributed by atoms with E-state index < -0.39 is 0 Å². The Balaban J connectivity index is 2.20. The lowest BCUT2D eigenvalue weighted by atomic mass is 10.2. The lowest BCUT2D eigenvalue weighted by molar-refractivity contribution is 0.966. The van der Waals surface area contributed by atoms with Crippen LogP contribution in [-0.4, -0.2) is 44.4 Å². The van der Waals surface area contributed by atoms with Crippen molar-refractivity contribution >= 4 is 47.0 Å². The average Bonchev–Trinajstić information content (AvgIpc) is 2.49. The van der Waals surface area contributed by atoms with Gasteiger partial charge in [-0.15, -0.1) is 0 Å². The normalized spacial score (nSPS) is 10.9. The Kier molecular flexibility index (Phi) is 5.63. The standard InChI is InChI=1S/C15H18Cl2N6/c1-22(2)14-8-13(19-15(20-14)23(3)4)21-18-9-10-5-6-11(16)7-12(10)17/h5-9H,1-4H3,(H,19,20,21)/b18-9-. The summed E-state index contributed by atoms with van der Waals surface area (Å²) in [5.41, 5.74) is 3.66. The number of hydrogen-bond donors (Lipinski definition) is 1. The van der Waals surface area contributed by atoms with Gasteiger partial charge in [0.2, 0.25) is 5.95 Å². The van der Waals surface area contributed by atoms with Gasteiger partial charge in [0.05, 0.1) is 11.2 Å². The molecule has 122 valence electrons. The molecule has 0 saturated carbocycles. The van der Waals surface area contributed by atoms with Crippen LogP contribution in [0, 0.1) is 0 Å². The summed E-state index contributed by atoms with van der Waals surface area (Å²) in [5, 5.41) is 5.29. The Labute approximate surface area is 145 Å². The summed E-state index contributed by atoms with van der Waals surface area (Å²) in [6.45, 7) is 0. The second-order valence-electron chi connectivity index (χ2n) is 5.24. The molecule has 0 fully saturated rings. The molecule has 1 aromatic carbocycles. The van der Waals surface area contributed by atoms with E-state index in [0.717, 1.165) is 11.4 Å². The highest BCUT2D eigenvalue weighted by Crippen LogP contribution is 2.20. The molecule has 0 bridgehead atoms. The number of aromatic nitrogens is 2. The van der Waals surface area contributed by atoms with Gasteiger partial charge in [-0.05, 0) is 12.1 Å². The molecular weight excluding hydrogens is 335 g/mol. The number of anilines is 3. The highest BCUT2D eigenvalue weighted by Gasteiger charge is 2.07. The van der Waals surface area contributed by atoms with E-state index in [2.05, 4.69) is 20.5 Å². The van der Waals surface area contributed by atoms with Crippen LogP contribution in [0.3, 0.4) is 0 Å². The van der Waals surface area contributed by atoms with Gasteiger partial charge >= 0.3 is 0 Å². The van der Waals surface area contributed by atoms with Crippen LogP contribution in [0.5, 0.6) is 0 Å².